The molecule has 1 fully saturated rings. The molecular weight excluding hydrogens is 415 g/mol. The molecule has 0 bridgehead atoms. The van der Waals surface area contributed by atoms with Crippen molar-refractivity contribution >= 4 is 19.9 Å². The van der Waals surface area contributed by atoms with E-state index in [1.165, 1.54) is 25.0 Å². The quantitative estimate of drug-likeness (QED) is 0.504. The molecule has 2 aromatic rings. The Morgan fingerprint density at radius 1 is 0.966 bits per heavy atom. The van der Waals surface area contributed by atoms with Crippen molar-refractivity contribution < 1.29 is 21.2 Å². The first-order valence-corrected chi connectivity index (χ1v) is 12.5. The summed E-state index contributed by atoms with van der Waals surface area (Å²) >= 11 is 0. The number of halogens is 1. The predicted molar refractivity (Wildman–Crippen MR) is 109 cm³/mol. The Hall–Kier alpha value is -1.81. The molecule has 29 heavy (non-hydrogen) atoms. The standard InChI is InChI=1S/C20H25FN2O4S2/c1-16-5-8-19(28(24,25)18-9-6-17(21)7-10-18)15-20(16)29(26,27)22-11-4-14-23-12-2-3-13-23/h5-10,15,22H,2-4,11-14H2,1H3. The molecule has 158 valence electrons. The van der Waals surface area contributed by atoms with E-state index in [2.05, 4.69) is 9.62 Å². The zero-order valence-electron chi connectivity index (χ0n) is 16.3. The molecule has 0 atom stereocenters. The molecule has 0 unspecified atom stereocenters. The van der Waals surface area contributed by atoms with Gasteiger partial charge in [-0.15, -0.1) is 0 Å². The van der Waals surface area contributed by atoms with Gasteiger partial charge in [-0.25, -0.2) is 25.9 Å². The number of nitrogens with zero attached hydrogens (tertiary/aromatic N) is 1. The van der Waals surface area contributed by atoms with Gasteiger partial charge in [0.15, 0.2) is 0 Å². The summed E-state index contributed by atoms with van der Waals surface area (Å²) in [5.41, 5.74) is 0.454. The average molecular weight is 441 g/mol. The molecule has 1 saturated heterocycles. The Morgan fingerprint density at radius 2 is 1.59 bits per heavy atom. The molecule has 3 rings (SSSR count). The van der Waals surface area contributed by atoms with Crippen LogP contribution in [0.1, 0.15) is 24.8 Å². The Bertz CT molecular complexity index is 1060. The monoisotopic (exact) mass is 440 g/mol. The highest BCUT2D eigenvalue weighted by atomic mass is 32.2. The molecule has 1 heterocycles. The number of hydrogen-bond donors (Lipinski definition) is 1. The van der Waals surface area contributed by atoms with Gasteiger partial charge >= 0.3 is 0 Å². The van der Waals surface area contributed by atoms with Crippen LogP contribution in [0.3, 0.4) is 0 Å². The number of sulfone groups is 1. The van der Waals surface area contributed by atoms with Gasteiger partial charge in [0.2, 0.25) is 19.9 Å². The fraction of sp³-hybridized carbons (Fsp3) is 0.400. The molecule has 9 heteroatoms. The minimum atomic E-state index is -3.96. The Kier molecular flexibility index (Phi) is 6.72. The summed E-state index contributed by atoms with van der Waals surface area (Å²) in [6.07, 6.45) is 3.05. The second kappa shape index (κ2) is 8.91. The maximum absolute atomic E-state index is 13.1. The summed E-state index contributed by atoms with van der Waals surface area (Å²) in [5.74, 6) is -0.547. The van der Waals surface area contributed by atoms with Gasteiger partial charge in [0, 0.05) is 6.54 Å². The van der Waals surface area contributed by atoms with Crippen molar-refractivity contribution in [2.75, 3.05) is 26.2 Å². The van der Waals surface area contributed by atoms with Gasteiger partial charge < -0.3 is 4.90 Å². The van der Waals surface area contributed by atoms with Crippen molar-refractivity contribution in [3.8, 4) is 0 Å². The van der Waals surface area contributed by atoms with Crippen LogP contribution >= 0.6 is 0 Å². The van der Waals surface area contributed by atoms with Gasteiger partial charge in [0.1, 0.15) is 5.82 Å². The third kappa shape index (κ3) is 5.22. The van der Waals surface area contributed by atoms with Crippen molar-refractivity contribution in [2.24, 2.45) is 0 Å². The van der Waals surface area contributed by atoms with Crippen LogP contribution in [-0.4, -0.2) is 47.9 Å². The number of benzene rings is 2. The highest BCUT2D eigenvalue weighted by molar-refractivity contribution is 7.91. The molecule has 0 spiro atoms. The van der Waals surface area contributed by atoms with Crippen molar-refractivity contribution in [1.82, 2.24) is 9.62 Å². The van der Waals surface area contributed by atoms with Gasteiger partial charge in [0.25, 0.3) is 0 Å². The first-order valence-electron chi connectivity index (χ1n) is 9.53. The van der Waals surface area contributed by atoms with Crippen molar-refractivity contribution in [3.05, 3.63) is 53.8 Å². The summed E-state index contributed by atoms with van der Waals surface area (Å²) in [6.45, 7) is 4.84. The predicted octanol–water partition coefficient (Wildman–Crippen LogP) is 2.73. The van der Waals surface area contributed by atoms with E-state index in [1.54, 1.807) is 6.92 Å². The largest absolute Gasteiger partial charge is 0.303 e. The van der Waals surface area contributed by atoms with Crippen LogP contribution in [0.15, 0.2) is 57.2 Å². The Morgan fingerprint density at radius 3 is 2.24 bits per heavy atom. The van der Waals surface area contributed by atoms with Crippen LogP contribution in [-0.2, 0) is 19.9 Å². The van der Waals surface area contributed by atoms with Crippen LogP contribution in [0.4, 0.5) is 4.39 Å². The number of rotatable bonds is 8. The van der Waals surface area contributed by atoms with Crippen LogP contribution in [0.5, 0.6) is 0 Å². The number of aryl methyl sites for hydroxylation is 1. The second-order valence-corrected chi connectivity index (χ2v) is 10.9. The molecule has 6 nitrogen and oxygen atoms in total. The van der Waals surface area contributed by atoms with Gasteiger partial charge in [-0.1, -0.05) is 6.07 Å². The summed E-state index contributed by atoms with van der Waals surface area (Å²) in [4.78, 5) is 1.99. The lowest BCUT2D eigenvalue weighted by molar-refractivity contribution is 0.334. The lowest BCUT2D eigenvalue weighted by Crippen LogP contribution is -2.29. The maximum atomic E-state index is 13.1. The van der Waals surface area contributed by atoms with E-state index < -0.39 is 25.7 Å². The van der Waals surface area contributed by atoms with Crippen LogP contribution < -0.4 is 4.72 Å². The van der Waals surface area contributed by atoms with Crippen molar-refractivity contribution in [3.63, 3.8) is 0 Å². The van der Waals surface area contributed by atoms with Gasteiger partial charge in [-0.05, 0) is 87.8 Å². The fourth-order valence-corrected chi connectivity index (χ4v) is 6.08. The smallest absolute Gasteiger partial charge is 0.240 e. The van der Waals surface area contributed by atoms with E-state index in [1.807, 2.05) is 0 Å². The van der Waals surface area contributed by atoms with Gasteiger partial charge in [-0.3, -0.25) is 0 Å². The maximum Gasteiger partial charge on any atom is 0.240 e. The molecule has 0 amide bonds. The minimum Gasteiger partial charge on any atom is -0.303 e. The van der Waals surface area contributed by atoms with E-state index >= 15 is 0 Å². The fourth-order valence-electron chi connectivity index (χ4n) is 3.38. The van der Waals surface area contributed by atoms with E-state index in [9.17, 15) is 21.2 Å². The molecule has 0 aromatic heterocycles. The Balaban J connectivity index is 1.77. The van der Waals surface area contributed by atoms with Crippen LogP contribution in [0.2, 0.25) is 0 Å². The second-order valence-electron chi connectivity index (χ2n) is 7.18. The molecule has 2 aromatic carbocycles. The number of likely N-dealkylation sites (tertiary alicyclic amines) is 1. The molecular formula is C20H25FN2O4S2. The first-order chi connectivity index (χ1) is 13.7. The molecule has 1 N–H and O–H groups in total. The third-order valence-corrected chi connectivity index (χ3v) is 8.40. The lowest BCUT2D eigenvalue weighted by Gasteiger charge is -2.15. The minimum absolute atomic E-state index is 0.0677. The number of sulfonamides is 1. The highest BCUT2D eigenvalue weighted by Crippen LogP contribution is 2.25. The average Bonchev–Trinajstić information content (AvgIpc) is 3.19. The van der Waals surface area contributed by atoms with E-state index in [0.717, 1.165) is 50.0 Å². The van der Waals surface area contributed by atoms with Crippen molar-refractivity contribution in [1.29, 1.82) is 0 Å². The van der Waals surface area contributed by atoms with Gasteiger partial charge in [-0.2, -0.15) is 0 Å². The molecule has 1 aliphatic heterocycles. The van der Waals surface area contributed by atoms with Gasteiger partial charge in [0.05, 0.1) is 14.7 Å². The van der Waals surface area contributed by atoms with E-state index in [4.69, 9.17) is 0 Å². The Labute approximate surface area is 171 Å². The molecule has 0 saturated carbocycles. The topological polar surface area (TPSA) is 83.5 Å². The molecule has 0 radical (unpaired) electrons. The first kappa shape index (κ1) is 21.9. The normalized spacial score (nSPS) is 15.7. The highest BCUT2D eigenvalue weighted by Gasteiger charge is 2.23. The van der Waals surface area contributed by atoms with E-state index in [0.29, 0.717) is 12.0 Å². The third-order valence-electron chi connectivity index (χ3n) is 5.03. The zero-order chi connectivity index (χ0) is 21.1. The summed E-state index contributed by atoms with van der Waals surface area (Å²) < 4.78 is 66.8. The molecule has 0 aliphatic carbocycles. The zero-order valence-corrected chi connectivity index (χ0v) is 17.9. The number of nitrogens with one attached hydrogen (secondary N) is 1. The summed E-state index contributed by atoms with van der Waals surface area (Å²) in [5, 5.41) is 0. The molecule has 1 aliphatic rings. The summed E-state index contributed by atoms with van der Waals surface area (Å²) in [6, 6.07) is 8.43. The number of hydrogen-bond acceptors (Lipinski definition) is 5. The van der Waals surface area contributed by atoms with Crippen molar-refractivity contribution in [2.45, 2.75) is 40.9 Å². The SMILES string of the molecule is Cc1ccc(S(=O)(=O)c2ccc(F)cc2)cc1S(=O)(=O)NCCCN1CCCC1. The summed E-state index contributed by atoms with van der Waals surface area (Å²) in [7, 11) is -7.81. The van der Waals surface area contributed by atoms with E-state index in [-0.39, 0.29) is 21.2 Å². The van der Waals surface area contributed by atoms with Crippen LogP contribution in [0, 0.1) is 12.7 Å². The van der Waals surface area contributed by atoms with Crippen LogP contribution in [0.25, 0.3) is 0 Å². The lowest BCUT2D eigenvalue weighted by atomic mass is 10.2.